The van der Waals surface area contributed by atoms with Crippen LogP contribution in [0, 0.1) is 11.8 Å². The minimum Gasteiger partial charge on any atom is -0.493 e. The Bertz CT molecular complexity index is 360. The molecule has 2 N–H and O–H groups in total. The molecule has 1 saturated heterocycles. The monoisotopic (exact) mass is 264 g/mol. The Balaban J connectivity index is 0.00000133. The van der Waals surface area contributed by atoms with Crippen molar-refractivity contribution in [3.05, 3.63) is 24.5 Å². The molecule has 0 atom stereocenters. The zero-order valence-electron chi connectivity index (χ0n) is 11.4. The maximum Gasteiger partial charge on any atom is 0.122 e. The number of pyridine rings is 1. The summed E-state index contributed by atoms with van der Waals surface area (Å²) in [5.41, 5.74) is 0. The molecule has 1 aliphatic carbocycles. The third-order valence-corrected chi connectivity index (χ3v) is 4.06. The smallest absolute Gasteiger partial charge is 0.122 e. The van der Waals surface area contributed by atoms with Gasteiger partial charge in [-0.05, 0) is 62.7 Å². The van der Waals surface area contributed by atoms with Crippen LogP contribution in [-0.4, -0.2) is 41.6 Å². The van der Waals surface area contributed by atoms with E-state index in [1.54, 1.807) is 12.4 Å². The number of piperidine rings is 1. The molecule has 2 fully saturated rings. The standard InChI is InChI=1S/C15H22N2O.H2O/c1-2-13(1)11-17-9-5-14(6-10-17)12-18-15-3-7-16-8-4-15;/h3-4,7-8,13-14H,1-2,5-6,9-12H2;1H2. The maximum atomic E-state index is 5.82. The van der Waals surface area contributed by atoms with Crippen molar-refractivity contribution in [3.8, 4) is 5.75 Å². The SMILES string of the molecule is O.c1cc(OCC2CCN(CC3CC3)CC2)ccn1. The molecule has 19 heavy (non-hydrogen) atoms. The molecule has 0 amide bonds. The van der Waals surface area contributed by atoms with Crippen LogP contribution in [0.15, 0.2) is 24.5 Å². The highest BCUT2D eigenvalue weighted by molar-refractivity contribution is 5.16. The summed E-state index contributed by atoms with van der Waals surface area (Å²) in [5.74, 6) is 2.70. The maximum absolute atomic E-state index is 5.82. The van der Waals surface area contributed by atoms with Crippen LogP contribution in [0.2, 0.25) is 0 Å². The van der Waals surface area contributed by atoms with Gasteiger partial charge in [-0.2, -0.15) is 0 Å². The van der Waals surface area contributed by atoms with E-state index >= 15 is 0 Å². The molecule has 0 unspecified atom stereocenters. The second-order valence-electron chi connectivity index (χ2n) is 5.68. The van der Waals surface area contributed by atoms with Crippen molar-refractivity contribution in [2.45, 2.75) is 25.7 Å². The lowest BCUT2D eigenvalue weighted by atomic mass is 9.97. The van der Waals surface area contributed by atoms with E-state index < -0.39 is 0 Å². The lowest BCUT2D eigenvalue weighted by Crippen LogP contribution is -2.36. The molecule has 106 valence electrons. The minimum atomic E-state index is 0. The molecule has 1 aliphatic heterocycles. The zero-order chi connectivity index (χ0) is 12.2. The summed E-state index contributed by atoms with van der Waals surface area (Å²) >= 11 is 0. The van der Waals surface area contributed by atoms with Crippen molar-refractivity contribution < 1.29 is 10.2 Å². The van der Waals surface area contributed by atoms with Gasteiger partial charge in [0.2, 0.25) is 0 Å². The van der Waals surface area contributed by atoms with Gasteiger partial charge in [0.1, 0.15) is 5.75 Å². The highest BCUT2D eigenvalue weighted by atomic mass is 16.5. The lowest BCUT2D eigenvalue weighted by molar-refractivity contribution is 0.138. The van der Waals surface area contributed by atoms with Crippen LogP contribution in [0.5, 0.6) is 5.75 Å². The van der Waals surface area contributed by atoms with Gasteiger partial charge in [0.05, 0.1) is 6.61 Å². The fourth-order valence-electron chi connectivity index (χ4n) is 2.65. The van der Waals surface area contributed by atoms with Gasteiger partial charge in [-0.3, -0.25) is 4.98 Å². The Morgan fingerprint density at radius 1 is 1.05 bits per heavy atom. The van der Waals surface area contributed by atoms with Gasteiger partial charge in [-0.15, -0.1) is 0 Å². The first-order valence-electron chi connectivity index (χ1n) is 7.15. The van der Waals surface area contributed by atoms with Crippen LogP contribution < -0.4 is 4.74 Å². The first-order chi connectivity index (χ1) is 8.90. The molecule has 4 heteroatoms. The van der Waals surface area contributed by atoms with Gasteiger partial charge < -0.3 is 15.1 Å². The molecule has 0 spiro atoms. The van der Waals surface area contributed by atoms with E-state index in [-0.39, 0.29) is 5.48 Å². The number of hydrogen-bond acceptors (Lipinski definition) is 3. The van der Waals surface area contributed by atoms with Crippen molar-refractivity contribution in [1.29, 1.82) is 0 Å². The van der Waals surface area contributed by atoms with Crippen molar-refractivity contribution in [2.75, 3.05) is 26.2 Å². The number of nitrogens with zero attached hydrogens (tertiary/aromatic N) is 2. The summed E-state index contributed by atoms with van der Waals surface area (Å²) in [4.78, 5) is 6.64. The largest absolute Gasteiger partial charge is 0.493 e. The van der Waals surface area contributed by atoms with Crippen LogP contribution in [0.4, 0.5) is 0 Å². The van der Waals surface area contributed by atoms with Gasteiger partial charge in [0, 0.05) is 18.9 Å². The van der Waals surface area contributed by atoms with Gasteiger partial charge in [0.15, 0.2) is 0 Å². The predicted octanol–water partition coefficient (Wildman–Crippen LogP) is 1.76. The fraction of sp³-hybridized carbons (Fsp3) is 0.667. The topological polar surface area (TPSA) is 56.9 Å². The molecule has 3 rings (SSSR count). The molecular formula is C15H24N2O2. The van der Waals surface area contributed by atoms with Crippen LogP contribution in [-0.2, 0) is 0 Å². The molecule has 2 aliphatic rings. The molecule has 0 radical (unpaired) electrons. The van der Waals surface area contributed by atoms with Crippen molar-refractivity contribution in [3.63, 3.8) is 0 Å². The van der Waals surface area contributed by atoms with Crippen molar-refractivity contribution >= 4 is 0 Å². The molecule has 1 aromatic heterocycles. The van der Waals surface area contributed by atoms with E-state index in [9.17, 15) is 0 Å². The molecule has 0 aromatic carbocycles. The summed E-state index contributed by atoms with van der Waals surface area (Å²) in [6.45, 7) is 4.74. The van der Waals surface area contributed by atoms with Gasteiger partial charge in [-0.25, -0.2) is 0 Å². The molecular weight excluding hydrogens is 240 g/mol. The van der Waals surface area contributed by atoms with Crippen LogP contribution in [0.1, 0.15) is 25.7 Å². The second-order valence-corrected chi connectivity index (χ2v) is 5.68. The first kappa shape index (κ1) is 14.3. The lowest BCUT2D eigenvalue weighted by Gasteiger charge is -2.31. The van der Waals surface area contributed by atoms with E-state index in [0.717, 1.165) is 24.2 Å². The van der Waals surface area contributed by atoms with Crippen LogP contribution in [0.25, 0.3) is 0 Å². The summed E-state index contributed by atoms with van der Waals surface area (Å²) in [6, 6.07) is 3.87. The molecule has 1 saturated carbocycles. The first-order valence-corrected chi connectivity index (χ1v) is 7.15. The average Bonchev–Trinajstić information content (AvgIpc) is 3.23. The second kappa shape index (κ2) is 6.87. The Kier molecular flexibility index (Phi) is 5.16. The van der Waals surface area contributed by atoms with E-state index in [2.05, 4.69) is 9.88 Å². The number of likely N-dealkylation sites (tertiary alicyclic amines) is 1. The normalized spacial score (nSPS) is 20.8. The number of rotatable bonds is 5. The van der Waals surface area contributed by atoms with Crippen LogP contribution in [0.3, 0.4) is 0 Å². The summed E-state index contributed by atoms with van der Waals surface area (Å²) in [5, 5.41) is 0. The highest BCUT2D eigenvalue weighted by Gasteiger charge is 2.27. The van der Waals surface area contributed by atoms with E-state index in [0.29, 0.717) is 0 Å². The molecule has 4 nitrogen and oxygen atoms in total. The third kappa shape index (κ3) is 4.48. The zero-order valence-corrected chi connectivity index (χ0v) is 11.4. The number of hydrogen-bond donors (Lipinski definition) is 0. The van der Waals surface area contributed by atoms with E-state index in [1.807, 2.05) is 12.1 Å². The average molecular weight is 264 g/mol. The van der Waals surface area contributed by atoms with Crippen molar-refractivity contribution in [1.82, 2.24) is 9.88 Å². The van der Waals surface area contributed by atoms with E-state index in [4.69, 9.17) is 4.74 Å². The summed E-state index contributed by atoms with van der Waals surface area (Å²) in [6.07, 6.45) is 9.08. The minimum absolute atomic E-state index is 0. The fourth-order valence-corrected chi connectivity index (χ4v) is 2.65. The number of aromatic nitrogens is 1. The van der Waals surface area contributed by atoms with Gasteiger partial charge >= 0.3 is 0 Å². The summed E-state index contributed by atoms with van der Waals surface area (Å²) in [7, 11) is 0. The molecule has 0 bridgehead atoms. The predicted molar refractivity (Wildman–Crippen MR) is 75.2 cm³/mol. The van der Waals surface area contributed by atoms with Gasteiger partial charge in [-0.1, -0.05) is 0 Å². The highest BCUT2D eigenvalue weighted by Crippen LogP contribution is 2.31. The Hall–Kier alpha value is -1.13. The molecule has 1 aromatic rings. The van der Waals surface area contributed by atoms with Gasteiger partial charge in [0.25, 0.3) is 0 Å². The molecule has 2 heterocycles. The van der Waals surface area contributed by atoms with E-state index in [1.165, 1.54) is 45.3 Å². The summed E-state index contributed by atoms with van der Waals surface area (Å²) < 4.78 is 5.82. The Morgan fingerprint density at radius 2 is 1.74 bits per heavy atom. The van der Waals surface area contributed by atoms with Crippen molar-refractivity contribution in [2.24, 2.45) is 11.8 Å². The van der Waals surface area contributed by atoms with Crippen LogP contribution >= 0.6 is 0 Å². The Labute approximate surface area is 115 Å². The third-order valence-electron chi connectivity index (χ3n) is 4.06. The quantitative estimate of drug-likeness (QED) is 0.814. The number of ether oxygens (including phenoxy) is 1. The Morgan fingerprint density at radius 3 is 2.37 bits per heavy atom.